The number of halogens is 1. The normalized spacial score (nSPS) is 14.0. The van der Waals surface area contributed by atoms with E-state index in [0.29, 0.717) is 43.2 Å². The van der Waals surface area contributed by atoms with Crippen LogP contribution in [0.4, 0.5) is 5.69 Å². The summed E-state index contributed by atoms with van der Waals surface area (Å²) < 4.78 is 0. The van der Waals surface area contributed by atoms with Crippen LogP contribution in [0, 0.1) is 12.8 Å². The molecule has 10 heteroatoms. The number of carbonyl (C=O) groups is 3. The van der Waals surface area contributed by atoms with Crippen LogP contribution in [-0.2, 0) is 11.3 Å². The summed E-state index contributed by atoms with van der Waals surface area (Å²) in [5.74, 6) is -0.849. The molecule has 3 aromatic rings. The number of nitrogens with zero attached hydrogens (tertiary/aromatic N) is 3. The van der Waals surface area contributed by atoms with Crippen molar-refractivity contribution in [2.75, 3.05) is 18.4 Å². The van der Waals surface area contributed by atoms with Crippen LogP contribution in [0.5, 0.6) is 0 Å². The molecule has 4 rings (SSSR count). The minimum absolute atomic E-state index is 0.0203. The molecule has 2 aromatic carbocycles. The van der Waals surface area contributed by atoms with Crippen LogP contribution in [0.2, 0.25) is 5.02 Å². The first-order valence-corrected chi connectivity index (χ1v) is 12.1. The van der Waals surface area contributed by atoms with E-state index in [-0.39, 0.29) is 27.7 Å². The van der Waals surface area contributed by atoms with Crippen molar-refractivity contribution in [3.05, 3.63) is 74.7 Å². The summed E-state index contributed by atoms with van der Waals surface area (Å²) in [6, 6.07) is 14.7. The van der Waals surface area contributed by atoms with E-state index >= 15 is 0 Å². The molecule has 0 radical (unpaired) electrons. The zero-order chi connectivity index (χ0) is 24.1. The second kappa shape index (κ2) is 10.8. The van der Waals surface area contributed by atoms with E-state index in [1.54, 1.807) is 29.2 Å². The molecule has 2 N–H and O–H groups in total. The second-order valence-electron chi connectivity index (χ2n) is 8.14. The molecule has 1 aliphatic heterocycles. The highest BCUT2D eigenvalue weighted by atomic mass is 35.5. The maximum atomic E-state index is 12.8. The fourth-order valence-corrected chi connectivity index (χ4v) is 4.47. The van der Waals surface area contributed by atoms with Gasteiger partial charge in [-0.2, -0.15) is 0 Å². The van der Waals surface area contributed by atoms with Crippen molar-refractivity contribution in [1.82, 2.24) is 20.4 Å². The lowest BCUT2D eigenvalue weighted by atomic mass is 9.96. The number of benzene rings is 2. The molecule has 1 aromatic heterocycles. The van der Waals surface area contributed by atoms with Crippen LogP contribution in [0.1, 0.15) is 43.6 Å². The van der Waals surface area contributed by atoms with E-state index in [2.05, 4.69) is 20.8 Å². The third-order valence-corrected chi connectivity index (χ3v) is 6.81. The van der Waals surface area contributed by atoms with E-state index in [0.717, 1.165) is 22.5 Å². The van der Waals surface area contributed by atoms with Gasteiger partial charge in [-0.05, 0) is 49.6 Å². The Morgan fingerprint density at radius 1 is 1.00 bits per heavy atom. The molecule has 0 spiro atoms. The molecule has 0 unspecified atom stereocenters. The Morgan fingerprint density at radius 3 is 2.32 bits per heavy atom. The van der Waals surface area contributed by atoms with Gasteiger partial charge in [0.05, 0.1) is 0 Å². The van der Waals surface area contributed by atoms with Crippen LogP contribution in [0.15, 0.2) is 48.5 Å². The van der Waals surface area contributed by atoms with Gasteiger partial charge in [0.25, 0.3) is 11.8 Å². The Hall–Kier alpha value is -3.30. The zero-order valence-corrected chi connectivity index (χ0v) is 20.2. The van der Waals surface area contributed by atoms with Crippen LogP contribution in [-0.4, -0.2) is 45.9 Å². The summed E-state index contributed by atoms with van der Waals surface area (Å²) in [5.41, 5.74) is 2.71. The smallest absolute Gasteiger partial charge is 0.286 e. The fourth-order valence-electron chi connectivity index (χ4n) is 3.64. The van der Waals surface area contributed by atoms with Gasteiger partial charge in [0.1, 0.15) is 0 Å². The number of aromatic nitrogens is 2. The first-order valence-electron chi connectivity index (χ1n) is 10.9. The summed E-state index contributed by atoms with van der Waals surface area (Å²) in [4.78, 5) is 39.5. The molecular formula is C24H24ClN5O3S. The van der Waals surface area contributed by atoms with E-state index in [1.807, 2.05) is 31.2 Å². The summed E-state index contributed by atoms with van der Waals surface area (Å²) >= 11 is 6.85. The number of amides is 3. The number of likely N-dealkylation sites (tertiary alicyclic amines) is 1. The largest absolute Gasteiger partial charge is 0.352 e. The number of piperidine rings is 1. The maximum Gasteiger partial charge on any atom is 0.286 e. The standard InChI is InChI=1S/C24H24ClN5O3S/c1-15-2-8-19(9-3-15)27-21(32)22-28-29-23(34-22)24(33)30-12-10-17(11-13-30)20(31)26-14-16-4-6-18(25)7-5-16/h2-9,17H,10-14H2,1H3,(H,26,31)(H,27,32). The third kappa shape index (κ3) is 5.98. The van der Waals surface area contributed by atoms with Crippen molar-refractivity contribution < 1.29 is 14.4 Å². The molecule has 8 nitrogen and oxygen atoms in total. The van der Waals surface area contributed by atoms with Gasteiger partial charge >= 0.3 is 0 Å². The molecule has 1 saturated heterocycles. The second-order valence-corrected chi connectivity index (χ2v) is 9.56. The number of anilines is 1. The van der Waals surface area contributed by atoms with Gasteiger partial charge in [0.15, 0.2) is 0 Å². The molecule has 0 saturated carbocycles. The van der Waals surface area contributed by atoms with E-state index in [9.17, 15) is 14.4 Å². The molecule has 0 aliphatic carbocycles. The van der Waals surface area contributed by atoms with Gasteiger partial charge in [0.2, 0.25) is 15.9 Å². The van der Waals surface area contributed by atoms with Gasteiger partial charge in [-0.3, -0.25) is 14.4 Å². The Kier molecular flexibility index (Phi) is 7.54. The Labute approximate surface area is 206 Å². The molecule has 1 fully saturated rings. The molecule has 2 heterocycles. The minimum atomic E-state index is -0.406. The van der Waals surface area contributed by atoms with Crippen molar-refractivity contribution in [3.63, 3.8) is 0 Å². The summed E-state index contributed by atoms with van der Waals surface area (Å²) in [5, 5.41) is 14.5. The van der Waals surface area contributed by atoms with E-state index in [1.165, 1.54) is 0 Å². The number of hydrogen-bond donors (Lipinski definition) is 2. The van der Waals surface area contributed by atoms with Gasteiger partial charge < -0.3 is 15.5 Å². The molecule has 1 aliphatic rings. The number of rotatable bonds is 6. The minimum Gasteiger partial charge on any atom is -0.352 e. The van der Waals surface area contributed by atoms with Crippen LogP contribution in [0.3, 0.4) is 0 Å². The third-order valence-electron chi connectivity index (χ3n) is 5.64. The van der Waals surface area contributed by atoms with Gasteiger partial charge in [-0.15, -0.1) is 10.2 Å². The van der Waals surface area contributed by atoms with Gasteiger partial charge in [-0.25, -0.2) is 0 Å². The highest BCUT2D eigenvalue weighted by Crippen LogP contribution is 2.21. The lowest BCUT2D eigenvalue weighted by Gasteiger charge is -2.30. The SMILES string of the molecule is Cc1ccc(NC(=O)c2nnc(C(=O)N3CCC(C(=O)NCc4ccc(Cl)cc4)CC3)s2)cc1. The van der Waals surface area contributed by atoms with Gasteiger partial charge in [-0.1, -0.05) is 52.8 Å². The first kappa shape index (κ1) is 23.8. The Bertz CT molecular complexity index is 1170. The van der Waals surface area contributed by atoms with E-state index < -0.39 is 5.91 Å². The van der Waals surface area contributed by atoms with Crippen molar-refractivity contribution in [2.24, 2.45) is 5.92 Å². The van der Waals surface area contributed by atoms with Crippen LogP contribution >= 0.6 is 22.9 Å². The Balaban J connectivity index is 1.26. The first-order chi connectivity index (χ1) is 16.4. The van der Waals surface area contributed by atoms with Crippen LogP contribution < -0.4 is 10.6 Å². The van der Waals surface area contributed by atoms with Crippen molar-refractivity contribution in [3.8, 4) is 0 Å². The molecule has 34 heavy (non-hydrogen) atoms. The fraction of sp³-hybridized carbons (Fsp3) is 0.292. The van der Waals surface area contributed by atoms with Gasteiger partial charge in [0, 0.05) is 36.3 Å². The molecular weight excluding hydrogens is 474 g/mol. The Morgan fingerprint density at radius 2 is 1.65 bits per heavy atom. The van der Waals surface area contributed by atoms with Crippen molar-refractivity contribution in [2.45, 2.75) is 26.3 Å². The summed E-state index contributed by atoms with van der Waals surface area (Å²) in [6.45, 7) is 3.29. The monoisotopic (exact) mass is 497 g/mol. The predicted molar refractivity (Wildman–Crippen MR) is 131 cm³/mol. The van der Waals surface area contributed by atoms with Crippen molar-refractivity contribution >= 4 is 46.3 Å². The quantitative estimate of drug-likeness (QED) is 0.537. The molecule has 3 amide bonds. The number of nitrogens with one attached hydrogen (secondary N) is 2. The summed E-state index contributed by atoms with van der Waals surface area (Å²) in [7, 11) is 0. The number of carbonyl (C=O) groups excluding carboxylic acids is 3. The zero-order valence-electron chi connectivity index (χ0n) is 18.6. The molecule has 0 atom stereocenters. The van der Waals surface area contributed by atoms with Crippen LogP contribution in [0.25, 0.3) is 0 Å². The highest BCUT2D eigenvalue weighted by Gasteiger charge is 2.29. The lowest BCUT2D eigenvalue weighted by Crippen LogP contribution is -2.42. The number of aryl methyl sites for hydroxylation is 1. The maximum absolute atomic E-state index is 12.8. The predicted octanol–water partition coefficient (Wildman–Crippen LogP) is 3.92. The van der Waals surface area contributed by atoms with E-state index in [4.69, 9.17) is 11.6 Å². The summed E-state index contributed by atoms with van der Waals surface area (Å²) in [6.07, 6.45) is 1.13. The van der Waals surface area contributed by atoms with Crippen molar-refractivity contribution in [1.29, 1.82) is 0 Å². The molecule has 0 bridgehead atoms. The topological polar surface area (TPSA) is 104 Å². The highest BCUT2D eigenvalue weighted by molar-refractivity contribution is 7.15. The molecule has 176 valence electrons. The lowest BCUT2D eigenvalue weighted by molar-refractivity contribution is -0.126. The average molecular weight is 498 g/mol. The number of hydrogen-bond acceptors (Lipinski definition) is 6. The average Bonchev–Trinajstić information content (AvgIpc) is 3.35.